The van der Waals surface area contributed by atoms with E-state index in [1.54, 1.807) is 0 Å². The van der Waals surface area contributed by atoms with Crippen molar-refractivity contribution in [3.05, 3.63) is 17.3 Å². The van der Waals surface area contributed by atoms with Gasteiger partial charge in [-0.3, -0.25) is 4.79 Å². The SMILES string of the molecule is O=C(O)[C@H]1CCCN(c2cc3c(nn2)CCCC3)C1. The molecular weight excluding hydrogens is 242 g/mol. The van der Waals surface area contributed by atoms with Crippen LogP contribution in [0.4, 0.5) is 5.82 Å². The number of carboxylic acids is 1. The lowest BCUT2D eigenvalue weighted by Gasteiger charge is -2.31. The first kappa shape index (κ1) is 12.4. The van der Waals surface area contributed by atoms with Gasteiger partial charge in [0.2, 0.25) is 0 Å². The molecule has 0 radical (unpaired) electrons. The second-order valence-electron chi connectivity index (χ2n) is 5.50. The highest BCUT2D eigenvalue weighted by molar-refractivity contribution is 5.71. The van der Waals surface area contributed by atoms with E-state index in [1.807, 2.05) is 0 Å². The lowest BCUT2D eigenvalue weighted by molar-refractivity contribution is -0.141. The Labute approximate surface area is 112 Å². The van der Waals surface area contributed by atoms with Crippen molar-refractivity contribution in [2.24, 2.45) is 5.92 Å². The van der Waals surface area contributed by atoms with Crippen molar-refractivity contribution < 1.29 is 9.90 Å². The Bertz CT molecular complexity index is 490. The third-order valence-electron chi connectivity index (χ3n) is 4.15. The van der Waals surface area contributed by atoms with E-state index < -0.39 is 5.97 Å². The van der Waals surface area contributed by atoms with Crippen molar-refractivity contribution in [1.29, 1.82) is 0 Å². The first-order chi connectivity index (χ1) is 9.24. The molecule has 1 atom stereocenters. The number of hydrogen-bond acceptors (Lipinski definition) is 4. The van der Waals surface area contributed by atoms with Crippen LogP contribution in [0.2, 0.25) is 0 Å². The quantitative estimate of drug-likeness (QED) is 0.877. The van der Waals surface area contributed by atoms with E-state index in [4.69, 9.17) is 5.11 Å². The molecule has 3 rings (SSSR count). The third kappa shape index (κ3) is 2.55. The van der Waals surface area contributed by atoms with Crippen molar-refractivity contribution in [3.63, 3.8) is 0 Å². The fraction of sp³-hybridized carbons (Fsp3) is 0.643. The van der Waals surface area contributed by atoms with E-state index >= 15 is 0 Å². The molecule has 0 spiro atoms. The minimum atomic E-state index is -0.699. The molecule has 2 heterocycles. The summed E-state index contributed by atoms with van der Waals surface area (Å²) in [6, 6.07) is 2.12. The summed E-state index contributed by atoms with van der Waals surface area (Å²) in [4.78, 5) is 13.2. The smallest absolute Gasteiger partial charge is 0.308 e. The van der Waals surface area contributed by atoms with Gasteiger partial charge in [0.05, 0.1) is 11.6 Å². The van der Waals surface area contributed by atoms with Crippen molar-refractivity contribution in [2.45, 2.75) is 38.5 Å². The zero-order chi connectivity index (χ0) is 13.2. The molecule has 1 N–H and O–H groups in total. The van der Waals surface area contributed by atoms with Gasteiger partial charge in [0.15, 0.2) is 5.82 Å². The lowest BCUT2D eigenvalue weighted by atomic mass is 9.96. The number of aliphatic carboxylic acids is 1. The Morgan fingerprint density at radius 3 is 2.95 bits per heavy atom. The molecule has 5 nitrogen and oxygen atoms in total. The van der Waals surface area contributed by atoms with Crippen LogP contribution >= 0.6 is 0 Å². The molecule has 102 valence electrons. The summed E-state index contributed by atoms with van der Waals surface area (Å²) in [6.45, 7) is 1.44. The van der Waals surface area contributed by atoms with Gasteiger partial charge in [-0.05, 0) is 50.2 Å². The standard InChI is InChI=1S/C14H19N3O2/c18-14(19)11-5-3-7-17(9-11)13-8-10-4-1-2-6-12(10)15-16-13/h8,11H,1-7,9H2,(H,18,19)/t11-/m0/s1. The van der Waals surface area contributed by atoms with E-state index in [0.717, 1.165) is 43.7 Å². The maximum atomic E-state index is 11.1. The van der Waals surface area contributed by atoms with Crippen LogP contribution in [0, 0.1) is 5.92 Å². The van der Waals surface area contributed by atoms with Gasteiger partial charge in [-0.25, -0.2) is 0 Å². The minimum Gasteiger partial charge on any atom is -0.481 e. The zero-order valence-electron chi connectivity index (χ0n) is 11.0. The van der Waals surface area contributed by atoms with Crippen molar-refractivity contribution in [3.8, 4) is 0 Å². The summed E-state index contributed by atoms with van der Waals surface area (Å²) < 4.78 is 0. The molecule has 0 aromatic carbocycles. The number of aryl methyl sites for hydroxylation is 2. The summed E-state index contributed by atoms with van der Waals surface area (Å²) in [5.74, 6) is -0.117. The molecule has 0 unspecified atom stereocenters. The number of carbonyl (C=O) groups is 1. The fourth-order valence-corrected chi connectivity index (χ4v) is 3.02. The lowest BCUT2D eigenvalue weighted by Crippen LogP contribution is -2.39. The molecule has 1 fully saturated rings. The third-order valence-corrected chi connectivity index (χ3v) is 4.15. The van der Waals surface area contributed by atoms with Crippen molar-refractivity contribution >= 4 is 11.8 Å². The number of hydrogen-bond donors (Lipinski definition) is 1. The van der Waals surface area contributed by atoms with Crippen LogP contribution < -0.4 is 4.90 Å². The van der Waals surface area contributed by atoms with Crippen LogP contribution in [0.3, 0.4) is 0 Å². The van der Waals surface area contributed by atoms with Gasteiger partial charge in [0.25, 0.3) is 0 Å². The van der Waals surface area contributed by atoms with Crippen LogP contribution in [0.25, 0.3) is 0 Å². The average molecular weight is 261 g/mol. The molecule has 1 aliphatic carbocycles. The first-order valence-electron chi connectivity index (χ1n) is 7.07. The van der Waals surface area contributed by atoms with Crippen LogP contribution in [-0.4, -0.2) is 34.4 Å². The zero-order valence-corrected chi connectivity index (χ0v) is 11.0. The number of rotatable bonds is 2. The Balaban J connectivity index is 1.79. The molecule has 0 saturated carbocycles. The number of carboxylic acid groups (broad SMARTS) is 1. The Kier molecular flexibility index (Phi) is 3.36. The maximum absolute atomic E-state index is 11.1. The molecule has 0 amide bonds. The molecule has 5 heteroatoms. The van der Waals surface area contributed by atoms with Gasteiger partial charge in [-0.15, -0.1) is 5.10 Å². The topological polar surface area (TPSA) is 66.3 Å². The number of fused-ring (bicyclic) bond motifs is 1. The van der Waals surface area contributed by atoms with Crippen LogP contribution in [0.5, 0.6) is 0 Å². The summed E-state index contributed by atoms with van der Waals surface area (Å²) >= 11 is 0. The predicted molar refractivity (Wildman–Crippen MR) is 71.2 cm³/mol. The highest BCUT2D eigenvalue weighted by Gasteiger charge is 2.26. The summed E-state index contributed by atoms with van der Waals surface area (Å²) in [5.41, 5.74) is 2.43. The molecule has 19 heavy (non-hydrogen) atoms. The maximum Gasteiger partial charge on any atom is 0.308 e. The Morgan fingerprint density at radius 1 is 1.26 bits per heavy atom. The Morgan fingerprint density at radius 2 is 2.11 bits per heavy atom. The van der Waals surface area contributed by atoms with Gasteiger partial charge >= 0.3 is 5.97 Å². The van der Waals surface area contributed by atoms with Crippen LogP contribution in [0.1, 0.15) is 36.9 Å². The second-order valence-corrected chi connectivity index (χ2v) is 5.50. The van der Waals surface area contributed by atoms with Crippen LogP contribution in [0.15, 0.2) is 6.07 Å². The van der Waals surface area contributed by atoms with Gasteiger partial charge in [0.1, 0.15) is 0 Å². The number of anilines is 1. The average Bonchev–Trinajstić information content (AvgIpc) is 2.47. The van der Waals surface area contributed by atoms with Crippen LogP contribution in [-0.2, 0) is 17.6 Å². The highest BCUT2D eigenvalue weighted by Crippen LogP contribution is 2.25. The molecular formula is C14H19N3O2. The van der Waals surface area contributed by atoms with Gasteiger partial charge in [0, 0.05) is 13.1 Å². The van der Waals surface area contributed by atoms with E-state index in [2.05, 4.69) is 21.2 Å². The largest absolute Gasteiger partial charge is 0.481 e. The molecule has 1 aromatic rings. The monoisotopic (exact) mass is 261 g/mol. The molecule has 1 aliphatic heterocycles. The summed E-state index contributed by atoms with van der Waals surface area (Å²) in [7, 11) is 0. The van der Waals surface area contributed by atoms with Gasteiger partial charge in [-0.1, -0.05) is 0 Å². The minimum absolute atomic E-state index is 0.272. The number of piperidine rings is 1. The predicted octanol–water partition coefficient (Wildman–Crippen LogP) is 1.66. The Hall–Kier alpha value is -1.65. The van der Waals surface area contributed by atoms with E-state index in [1.165, 1.54) is 18.4 Å². The summed E-state index contributed by atoms with van der Waals surface area (Å²) in [5, 5.41) is 17.7. The van der Waals surface area contributed by atoms with E-state index in [-0.39, 0.29) is 5.92 Å². The molecule has 0 bridgehead atoms. The number of aromatic nitrogens is 2. The second kappa shape index (κ2) is 5.15. The molecule has 1 aromatic heterocycles. The fourth-order valence-electron chi connectivity index (χ4n) is 3.02. The van der Waals surface area contributed by atoms with E-state index in [9.17, 15) is 4.79 Å². The first-order valence-corrected chi connectivity index (χ1v) is 7.07. The molecule has 2 aliphatic rings. The highest BCUT2D eigenvalue weighted by atomic mass is 16.4. The van der Waals surface area contributed by atoms with Crippen molar-refractivity contribution in [1.82, 2.24) is 10.2 Å². The summed E-state index contributed by atoms with van der Waals surface area (Å²) in [6.07, 6.45) is 6.20. The molecule has 1 saturated heterocycles. The number of nitrogens with zero attached hydrogens (tertiary/aromatic N) is 3. The van der Waals surface area contributed by atoms with Gasteiger partial charge < -0.3 is 10.0 Å². The van der Waals surface area contributed by atoms with Gasteiger partial charge in [-0.2, -0.15) is 5.10 Å². The van der Waals surface area contributed by atoms with Crippen molar-refractivity contribution in [2.75, 3.05) is 18.0 Å². The normalized spacial score (nSPS) is 22.9. The van der Waals surface area contributed by atoms with E-state index in [0.29, 0.717) is 6.54 Å².